The summed E-state index contributed by atoms with van der Waals surface area (Å²) in [7, 11) is 1.31. The summed E-state index contributed by atoms with van der Waals surface area (Å²) in [5.74, 6) is -1.50. The Morgan fingerprint density at radius 2 is 1.89 bits per heavy atom. The number of carboxylic acid groups (broad SMARTS) is 1. The molecular formula is C13H12N2O4. The van der Waals surface area contributed by atoms with Gasteiger partial charge in [-0.2, -0.15) is 5.10 Å². The lowest BCUT2D eigenvalue weighted by Gasteiger charge is -2.05. The Morgan fingerprint density at radius 1 is 1.26 bits per heavy atom. The minimum atomic E-state index is -1.08. The molecule has 0 spiro atoms. The Kier molecular flexibility index (Phi) is 3.33. The van der Waals surface area contributed by atoms with Gasteiger partial charge in [0.1, 0.15) is 0 Å². The van der Waals surface area contributed by atoms with Gasteiger partial charge in [0.15, 0.2) is 5.69 Å². The zero-order chi connectivity index (χ0) is 14.0. The van der Waals surface area contributed by atoms with Crippen molar-refractivity contribution in [3.8, 4) is 5.69 Å². The van der Waals surface area contributed by atoms with E-state index in [0.717, 1.165) is 0 Å². The van der Waals surface area contributed by atoms with Gasteiger partial charge in [-0.1, -0.05) is 0 Å². The van der Waals surface area contributed by atoms with Crippen LogP contribution in [-0.2, 0) is 4.74 Å². The van der Waals surface area contributed by atoms with Crippen LogP contribution in [0.5, 0.6) is 0 Å². The molecule has 0 unspecified atom stereocenters. The van der Waals surface area contributed by atoms with Crippen molar-refractivity contribution in [3.05, 3.63) is 47.3 Å². The third-order valence-electron chi connectivity index (χ3n) is 2.64. The number of hydrogen-bond donors (Lipinski definition) is 1. The fourth-order valence-electron chi connectivity index (χ4n) is 1.70. The quantitative estimate of drug-likeness (QED) is 0.849. The van der Waals surface area contributed by atoms with Crippen LogP contribution >= 0.6 is 0 Å². The van der Waals surface area contributed by atoms with E-state index in [4.69, 9.17) is 5.11 Å². The van der Waals surface area contributed by atoms with Gasteiger partial charge in [-0.3, -0.25) is 0 Å². The molecule has 1 aromatic carbocycles. The molecule has 1 aromatic heterocycles. The number of nitrogens with zero attached hydrogens (tertiary/aromatic N) is 2. The van der Waals surface area contributed by atoms with E-state index < -0.39 is 11.9 Å². The van der Waals surface area contributed by atoms with Crippen LogP contribution in [0.3, 0.4) is 0 Å². The largest absolute Gasteiger partial charge is 0.476 e. The summed E-state index contributed by atoms with van der Waals surface area (Å²) in [6.45, 7) is 1.76. The lowest BCUT2D eigenvalue weighted by molar-refractivity contribution is 0.0600. The summed E-state index contributed by atoms with van der Waals surface area (Å²) < 4.78 is 6.11. The molecule has 0 fully saturated rings. The molecule has 1 N–H and O–H groups in total. The van der Waals surface area contributed by atoms with E-state index in [1.165, 1.54) is 17.9 Å². The van der Waals surface area contributed by atoms with Gasteiger partial charge in [0.25, 0.3) is 0 Å². The molecule has 0 aliphatic heterocycles. The van der Waals surface area contributed by atoms with Gasteiger partial charge in [-0.05, 0) is 37.3 Å². The highest BCUT2D eigenvalue weighted by Gasteiger charge is 2.12. The van der Waals surface area contributed by atoms with E-state index in [9.17, 15) is 9.59 Å². The number of benzene rings is 1. The smallest absolute Gasteiger partial charge is 0.356 e. The molecule has 0 bridgehead atoms. The Hall–Kier alpha value is -2.63. The average Bonchev–Trinajstić information content (AvgIpc) is 2.80. The molecule has 1 heterocycles. The van der Waals surface area contributed by atoms with E-state index in [1.807, 2.05) is 0 Å². The van der Waals surface area contributed by atoms with Crippen molar-refractivity contribution < 1.29 is 19.4 Å². The number of aryl methyl sites for hydroxylation is 1. The average molecular weight is 260 g/mol. The molecule has 0 saturated heterocycles. The van der Waals surface area contributed by atoms with Gasteiger partial charge in [-0.25, -0.2) is 14.3 Å². The van der Waals surface area contributed by atoms with Gasteiger partial charge < -0.3 is 9.84 Å². The molecule has 0 atom stereocenters. The Morgan fingerprint density at radius 3 is 2.37 bits per heavy atom. The molecule has 0 radical (unpaired) electrons. The highest BCUT2D eigenvalue weighted by Crippen LogP contribution is 2.14. The number of methoxy groups -OCH3 is 1. The normalized spacial score (nSPS) is 10.2. The van der Waals surface area contributed by atoms with E-state index in [1.54, 1.807) is 31.2 Å². The lowest BCUT2D eigenvalue weighted by atomic mass is 10.2. The molecule has 0 saturated carbocycles. The van der Waals surface area contributed by atoms with Crippen molar-refractivity contribution in [1.82, 2.24) is 9.78 Å². The molecule has 0 aliphatic carbocycles. The Labute approximate surface area is 109 Å². The van der Waals surface area contributed by atoms with Crippen molar-refractivity contribution in [2.24, 2.45) is 0 Å². The van der Waals surface area contributed by atoms with Gasteiger partial charge in [0.2, 0.25) is 0 Å². The molecule has 0 amide bonds. The minimum Gasteiger partial charge on any atom is -0.476 e. The summed E-state index contributed by atoms with van der Waals surface area (Å²) >= 11 is 0. The monoisotopic (exact) mass is 260 g/mol. The minimum absolute atomic E-state index is 0.0189. The molecule has 2 aromatic rings. The number of ether oxygens (including phenoxy) is 1. The summed E-state index contributed by atoms with van der Waals surface area (Å²) in [6.07, 6.45) is 0. The third-order valence-corrected chi connectivity index (χ3v) is 2.64. The van der Waals surface area contributed by atoms with Crippen LogP contribution in [0.15, 0.2) is 30.3 Å². The van der Waals surface area contributed by atoms with Crippen molar-refractivity contribution in [1.29, 1.82) is 0 Å². The van der Waals surface area contributed by atoms with E-state index in [2.05, 4.69) is 9.84 Å². The van der Waals surface area contributed by atoms with Crippen molar-refractivity contribution >= 4 is 11.9 Å². The van der Waals surface area contributed by atoms with Crippen molar-refractivity contribution in [3.63, 3.8) is 0 Å². The first kappa shape index (κ1) is 12.8. The van der Waals surface area contributed by atoms with E-state index in [-0.39, 0.29) is 5.69 Å². The molecule has 6 nitrogen and oxygen atoms in total. The van der Waals surface area contributed by atoms with Crippen LogP contribution in [0.1, 0.15) is 26.5 Å². The molecule has 98 valence electrons. The van der Waals surface area contributed by atoms with Gasteiger partial charge in [-0.15, -0.1) is 0 Å². The number of hydrogen-bond acceptors (Lipinski definition) is 4. The highest BCUT2D eigenvalue weighted by atomic mass is 16.5. The number of carbonyl (C=O) groups excluding carboxylic acids is 1. The second-order valence-corrected chi connectivity index (χ2v) is 3.93. The number of carboxylic acids is 1. The molecule has 2 rings (SSSR count). The van der Waals surface area contributed by atoms with E-state index in [0.29, 0.717) is 16.9 Å². The number of carbonyl (C=O) groups is 2. The number of esters is 1. The van der Waals surface area contributed by atoms with Crippen LogP contribution in [0, 0.1) is 6.92 Å². The fraction of sp³-hybridized carbons (Fsp3) is 0.154. The third kappa shape index (κ3) is 2.47. The molecular weight excluding hydrogens is 248 g/mol. The van der Waals surface area contributed by atoms with Crippen LogP contribution in [0.2, 0.25) is 0 Å². The highest BCUT2D eigenvalue weighted by molar-refractivity contribution is 5.89. The van der Waals surface area contributed by atoms with Gasteiger partial charge in [0, 0.05) is 5.69 Å². The second kappa shape index (κ2) is 4.93. The number of aromatic nitrogens is 2. The maximum Gasteiger partial charge on any atom is 0.356 e. The predicted octanol–water partition coefficient (Wildman–Crippen LogP) is 1.67. The maximum atomic E-state index is 11.3. The summed E-state index contributed by atoms with van der Waals surface area (Å²) in [5, 5.41) is 12.9. The van der Waals surface area contributed by atoms with Crippen LogP contribution in [0.4, 0.5) is 0 Å². The van der Waals surface area contributed by atoms with Crippen LogP contribution < -0.4 is 0 Å². The summed E-state index contributed by atoms with van der Waals surface area (Å²) in [6, 6.07) is 8.04. The van der Waals surface area contributed by atoms with Crippen LogP contribution in [-0.4, -0.2) is 33.9 Å². The van der Waals surface area contributed by atoms with Gasteiger partial charge >= 0.3 is 11.9 Å². The number of rotatable bonds is 3. The first-order valence-corrected chi connectivity index (χ1v) is 5.51. The first-order chi connectivity index (χ1) is 9.02. The summed E-state index contributed by atoms with van der Waals surface area (Å²) in [4.78, 5) is 22.1. The van der Waals surface area contributed by atoms with Gasteiger partial charge in [0.05, 0.1) is 18.4 Å². The zero-order valence-corrected chi connectivity index (χ0v) is 10.5. The van der Waals surface area contributed by atoms with Crippen molar-refractivity contribution in [2.45, 2.75) is 6.92 Å². The Balaban J connectivity index is 2.37. The molecule has 0 aliphatic rings. The predicted molar refractivity (Wildman–Crippen MR) is 66.6 cm³/mol. The molecule has 19 heavy (non-hydrogen) atoms. The van der Waals surface area contributed by atoms with Crippen molar-refractivity contribution in [2.75, 3.05) is 7.11 Å². The summed E-state index contributed by atoms with van der Waals surface area (Å²) in [5.41, 5.74) is 1.78. The maximum absolute atomic E-state index is 11.3. The van der Waals surface area contributed by atoms with E-state index >= 15 is 0 Å². The first-order valence-electron chi connectivity index (χ1n) is 5.51. The lowest BCUT2D eigenvalue weighted by Crippen LogP contribution is -2.04. The molecule has 6 heteroatoms. The SMILES string of the molecule is COC(=O)c1ccc(-n2nc(C(=O)O)cc2C)cc1. The zero-order valence-electron chi connectivity index (χ0n) is 10.5. The second-order valence-electron chi connectivity index (χ2n) is 3.93. The number of aromatic carboxylic acids is 1. The standard InChI is InChI=1S/C13H12N2O4/c1-8-7-11(12(16)17)14-15(8)10-5-3-9(4-6-10)13(18)19-2/h3-7H,1-2H3,(H,16,17). The topological polar surface area (TPSA) is 81.4 Å². The Bertz CT molecular complexity index is 629. The fourth-order valence-corrected chi connectivity index (χ4v) is 1.70. The van der Waals surface area contributed by atoms with Crippen LogP contribution in [0.25, 0.3) is 5.69 Å².